The maximum atomic E-state index is 13.8. The zero-order chi connectivity index (χ0) is 29.0. The summed E-state index contributed by atoms with van der Waals surface area (Å²) in [4.78, 5) is 16.9. The van der Waals surface area contributed by atoms with Crippen LogP contribution in [0.3, 0.4) is 0 Å². The molecule has 0 aliphatic carbocycles. The zero-order valence-corrected chi connectivity index (χ0v) is 24.3. The molecule has 0 radical (unpaired) electrons. The van der Waals surface area contributed by atoms with E-state index in [1.165, 1.54) is 21.7 Å². The van der Waals surface area contributed by atoms with Gasteiger partial charge in [-0.2, -0.15) is 0 Å². The molecule has 11 heteroatoms. The highest BCUT2D eigenvalue weighted by Gasteiger charge is 2.27. The van der Waals surface area contributed by atoms with Gasteiger partial charge in [-0.3, -0.25) is 9.10 Å². The summed E-state index contributed by atoms with van der Waals surface area (Å²) in [6.45, 7) is 5.92. The highest BCUT2D eigenvalue weighted by molar-refractivity contribution is 7.92. The number of phenolic OH excluding ortho intramolecular Hbond substituents is 1. The van der Waals surface area contributed by atoms with Gasteiger partial charge in [0.05, 0.1) is 26.9 Å². The number of phenols is 1. The van der Waals surface area contributed by atoms with Crippen LogP contribution in [0.2, 0.25) is 0 Å². The van der Waals surface area contributed by atoms with Crippen molar-refractivity contribution in [2.24, 2.45) is 5.92 Å². The van der Waals surface area contributed by atoms with Crippen LogP contribution in [0, 0.1) is 12.8 Å². The van der Waals surface area contributed by atoms with Crippen LogP contribution < -0.4 is 15.4 Å². The summed E-state index contributed by atoms with van der Waals surface area (Å²) in [6.07, 6.45) is 0.0419. The highest BCUT2D eigenvalue weighted by atomic mass is 32.2. The van der Waals surface area contributed by atoms with Crippen LogP contribution in [0.5, 0.6) is 5.75 Å². The average Bonchev–Trinajstić information content (AvgIpc) is 3.30. The van der Waals surface area contributed by atoms with E-state index in [0.29, 0.717) is 45.0 Å². The Balaban J connectivity index is 1.46. The third-order valence-corrected chi connectivity index (χ3v) is 9.15. The topological polar surface area (TPSA) is 146 Å². The van der Waals surface area contributed by atoms with Gasteiger partial charge >= 0.3 is 0 Å². The Morgan fingerprint density at radius 1 is 1.12 bits per heavy atom. The van der Waals surface area contributed by atoms with E-state index in [9.17, 15) is 23.4 Å². The maximum absolute atomic E-state index is 13.8. The van der Waals surface area contributed by atoms with E-state index in [4.69, 9.17) is 5.73 Å². The van der Waals surface area contributed by atoms with Crippen LogP contribution in [0.1, 0.15) is 41.8 Å². The number of nitrogens with two attached hydrogens (primary N) is 1. The number of aromatic nitrogens is 1. The number of sulfonamides is 1. The average molecular weight is 583 g/mol. The largest absolute Gasteiger partial charge is 0.508 e. The summed E-state index contributed by atoms with van der Waals surface area (Å²) in [5, 5.41) is 23.4. The van der Waals surface area contributed by atoms with Crippen LogP contribution in [0.25, 0.3) is 10.2 Å². The molecule has 0 bridgehead atoms. The van der Waals surface area contributed by atoms with Crippen LogP contribution in [0.4, 0.5) is 10.8 Å². The second-order valence-corrected chi connectivity index (χ2v) is 13.1. The third kappa shape index (κ3) is 6.72. The minimum Gasteiger partial charge on any atom is -0.508 e. The molecule has 4 aromatic rings. The number of hydrogen-bond acceptors (Lipinski definition) is 8. The van der Waals surface area contributed by atoms with Crippen molar-refractivity contribution in [2.45, 2.75) is 44.6 Å². The first-order valence-corrected chi connectivity index (χ1v) is 15.2. The Morgan fingerprint density at radius 3 is 2.62 bits per heavy atom. The lowest BCUT2D eigenvalue weighted by Crippen LogP contribution is -2.34. The van der Waals surface area contributed by atoms with Gasteiger partial charge in [0.15, 0.2) is 5.13 Å². The van der Waals surface area contributed by atoms with Gasteiger partial charge in [-0.15, -0.1) is 0 Å². The first kappa shape index (κ1) is 29.3. The Bertz CT molecular complexity index is 1620. The molecule has 5 N–H and O–H groups in total. The van der Waals surface area contributed by atoms with E-state index in [2.05, 4.69) is 10.3 Å². The van der Waals surface area contributed by atoms with E-state index in [0.717, 1.165) is 5.56 Å². The molecule has 0 saturated carbocycles. The molecule has 1 atom stereocenters. The summed E-state index contributed by atoms with van der Waals surface area (Å²) in [7, 11) is -3.87. The molecule has 9 nitrogen and oxygen atoms in total. The van der Waals surface area contributed by atoms with E-state index >= 15 is 0 Å². The van der Waals surface area contributed by atoms with Gasteiger partial charge in [0.2, 0.25) is 0 Å². The van der Waals surface area contributed by atoms with Crippen LogP contribution in [-0.2, 0) is 16.4 Å². The number of hydrogen-bond donors (Lipinski definition) is 4. The molecule has 4 rings (SSSR count). The lowest BCUT2D eigenvalue weighted by Gasteiger charge is -2.27. The number of aliphatic hydroxyl groups is 1. The fourth-order valence-electron chi connectivity index (χ4n) is 4.36. The number of fused-ring (bicyclic) bond motifs is 1. The molecule has 212 valence electrons. The van der Waals surface area contributed by atoms with Crippen molar-refractivity contribution in [3.63, 3.8) is 0 Å². The fourth-order valence-corrected chi connectivity index (χ4v) is 6.86. The van der Waals surface area contributed by atoms with Gasteiger partial charge in [0, 0.05) is 24.2 Å². The number of aromatic hydroxyl groups is 1. The second kappa shape index (κ2) is 12.2. The lowest BCUT2D eigenvalue weighted by atomic mass is 10.0. The van der Waals surface area contributed by atoms with Gasteiger partial charge in [0.1, 0.15) is 5.75 Å². The van der Waals surface area contributed by atoms with E-state index in [1.54, 1.807) is 49.4 Å². The number of aryl methyl sites for hydroxylation is 1. The zero-order valence-electron chi connectivity index (χ0n) is 22.7. The van der Waals surface area contributed by atoms with Crippen molar-refractivity contribution in [1.82, 2.24) is 10.3 Å². The number of carbonyl (C=O) groups excluding carboxylic acids is 1. The number of nitrogen functional groups attached to an aromatic ring is 1. The van der Waals surface area contributed by atoms with Crippen molar-refractivity contribution in [3.05, 3.63) is 77.4 Å². The Hall–Kier alpha value is -3.67. The third-order valence-electron chi connectivity index (χ3n) is 6.51. The summed E-state index contributed by atoms with van der Waals surface area (Å²) < 4.78 is 29.7. The first-order chi connectivity index (χ1) is 19.0. The van der Waals surface area contributed by atoms with E-state index in [1.807, 2.05) is 26.0 Å². The summed E-state index contributed by atoms with van der Waals surface area (Å²) in [5.41, 5.74) is 8.69. The molecule has 1 unspecified atom stereocenters. The van der Waals surface area contributed by atoms with Gasteiger partial charge in [-0.05, 0) is 73.7 Å². The smallest absolute Gasteiger partial charge is 0.264 e. The molecule has 3 aromatic carbocycles. The van der Waals surface area contributed by atoms with Crippen LogP contribution in [-0.4, -0.2) is 48.7 Å². The SMILES string of the molecule is Cc1c(O)cccc1C(=O)NCC(O)CCc1cccc(N(CC(C)C)S(=O)(=O)c2ccc3nc(N)sc3c2)c1. The van der Waals surface area contributed by atoms with E-state index in [-0.39, 0.29) is 35.6 Å². The molecule has 0 spiro atoms. The van der Waals surface area contributed by atoms with Gasteiger partial charge in [-0.25, -0.2) is 13.4 Å². The monoisotopic (exact) mass is 582 g/mol. The Morgan fingerprint density at radius 2 is 1.88 bits per heavy atom. The standard InChI is InChI=1S/C29H34N4O5S2/c1-18(2)17-33(40(37,38)23-12-13-25-27(15-23)39-29(30)32-25)21-7-4-6-20(14-21)10-11-22(34)16-31-28(36)24-8-5-9-26(35)19(24)3/h4-9,12-15,18,22,34-35H,10-11,16-17H2,1-3H3,(H2,30,32)(H,31,36). The molecule has 0 fully saturated rings. The minimum absolute atomic E-state index is 0.0374. The van der Waals surface area contributed by atoms with Crippen molar-refractivity contribution in [3.8, 4) is 5.75 Å². The first-order valence-electron chi connectivity index (χ1n) is 13.0. The molecule has 0 aliphatic heterocycles. The predicted octanol–water partition coefficient (Wildman–Crippen LogP) is 4.47. The number of benzene rings is 3. The number of nitrogens with one attached hydrogen (secondary N) is 1. The summed E-state index contributed by atoms with van der Waals surface area (Å²) >= 11 is 1.24. The normalized spacial score (nSPS) is 12.5. The summed E-state index contributed by atoms with van der Waals surface area (Å²) in [6, 6.07) is 16.8. The molecule has 0 aliphatic rings. The second-order valence-electron chi connectivity index (χ2n) is 10.1. The molecule has 1 aromatic heterocycles. The summed E-state index contributed by atoms with van der Waals surface area (Å²) in [5.74, 6) is -0.264. The number of amides is 1. The molecule has 40 heavy (non-hydrogen) atoms. The number of carbonyl (C=O) groups is 1. The molecule has 1 heterocycles. The molecule has 0 saturated heterocycles. The predicted molar refractivity (Wildman–Crippen MR) is 159 cm³/mol. The Kier molecular flexibility index (Phi) is 8.97. The van der Waals surface area contributed by atoms with Crippen molar-refractivity contribution in [1.29, 1.82) is 0 Å². The molecular formula is C29H34N4O5S2. The van der Waals surface area contributed by atoms with Crippen LogP contribution >= 0.6 is 11.3 Å². The van der Waals surface area contributed by atoms with Crippen molar-refractivity contribution < 1.29 is 23.4 Å². The highest BCUT2D eigenvalue weighted by Crippen LogP contribution is 2.31. The van der Waals surface area contributed by atoms with Crippen molar-refractivity contribution in [2.75, 3.05) is 23.1 Å². The van der Waals surface area contributed by atoms with Gasteiger partial charge in [-0.1, -0.05) is 43.4 Å². The minimum atomic E-state index is -3.87. The molecule has 1 amide bonds. The maximum Gasteiger partial charge on any atom is 0.264 e. The van der Waals surface area contributed by atoms with Gasteiger partial charge < -0.3 is 21.3 Å². The van der Waals surface area contributed by atoms with E-state index < -0.39 is 16.1 Å². The number of aliphatic hydroxyl groups excluding tert-OH is 1. The quantitative estimate of drug-likeness (QED) is 0.204. The number of thiazole rings is 1. The fraction of sp³-hybridized carbons (Fsp3) is 0.310. The Labute approximate surface area is 238 Å². The number of nitrogens with zero attached hydrogens (tertiary/aromatic N) is 2. The lowest BCUT2D eigenvalue weighted by molar-refractivity contribution is 0.0910. The van der Waals surface area contributed by atoms with Gasteiger partial charge in [0.25, 0.3) is 15.9 Å². The van der Waals surface area contributed by atoms with Crippen molar-refractivity contribution >= 4 is 48.3 Å². The number of anilines is 2. The van der Waals surface area contributed by atoms with Crippen LogP contribution in [0.15, 0.2) is 65.6 Å². The molecular weight excluding hydrogens is 548 g/mol. The number of rotatable bonds is 11.